The fourth-order valence-electron chi connectivity index (χ4n) is 1.14. The van der Waals surface area contributed by atoms with Gasteiger partial charge >= 0.3 is 0 Å². The highest BCUT2D eigenvalue weighted by atomic mass is 32.2. The van der Waals surface area contributed by atoms with E-state index in [4.69, 9.17) is 5.11 Å². The highest BCUT2D eigenvalue weighted by Crippen LogP contribution is 2.14. The Morgan fingerprint density at radius 3 is 2.64 bits per heavy atom. The summed E-state index contributed by atoms with van der Waals surface area (Å²) in [6.07, 6.45) is 3.51. The number of aromatic hydroxyl groups is 1. The summed E-state index contributed by atoms with van der Waals surface area (Å²) in [5.41, 5.74) is 0.916. The molecule has 1 unspecified atom stereocenters. The molecule has 1 aliphatic rings. The molecular formula is C10H9NO2S. The molecule has 4 heteroatoms. The van der Waals surface area contributed by atoms with Crippen molar-refractivity contribution in [3.8, 4) is 5.75 Å². The molecule has 1 heterocycles. The van der Waals surface area contributed by atoms with Crippen molar-refractivity contribution in [2.24, 2.45) is 0 Å². The maximum atomic E-state index is 11.3. The summed E-state index contributed by atoms with van der Waals surface area (Å²) in [6.45, 7) is 0. The van der Waals surface area contributed by atoms with Crippen molar-refractivity contribution in [2.75, 3.05) is 0 Å². The van der Waals surface area contributed by atoms with Gasteiger partial charge in [-0.1, -0.05) is 18.2 Å². The van der Waals surface area contributed by atoms with Crippen LogP contribution in [-0.4, -0.2) is 15.5 Å². The van der Waals surface area contributed by atoms with Crippen molar-refractivity contribution in [1.29, 1.82) is 0 Å². The quantitative estimate of drug-likeness (QED) is 0.625. The van der Waals surface area contributed by atoms with Gasteiger partial charge in [0, 0.05) is 21.9 Å². The number of rotatable bonds is 1. The Hall–Kier alpha value is -1.55. The summed E-state index contributed by atoms with van der Waals surface area (Å²) in [5.74, 6) is 1.75. The number of hydrogen-bond donors (Lipinski definition) is 2. The van der Waals surface area contributed by atoms with Crippen molar-refractivity contribution in [2.45, 2.75) is 0 Å². The van der Waals surface area contributed by atoms with Crippen molar-refractivity contribution in [3.05, 3.63) is 40.6 Å². The molecule has 0 bridgehead atoms. The number of phenolic OH excluding ortho intramolecular Hbond substituents is 1. The second-order valence-electron chi connectivity index (χ2n) is 2.86. The first-order valence-electron chi connectivity index (χ1n) is 4.09. The Labute approximate surface area is 84.3 Å². The number of hydrogen-bond acceptors (Lipinski definition) is 2. The van der Waals surface area contributed by atoms with Crippen LogP contribution in [0.15, 0.2) is 29.2 Å². The van der Waals surface area contributed by atoms with Gasteiger partial charge < -0.3 is 10.1 Å². The molecule has 1 aromatic rings. The van der Waals surface area contributed by atoms with Gasteiger partial charge in [0.1, 0.15) is 5.75 Å². The van der Waals surface area contributed by atoms with Crippen molar-refractivity contribution in [1.82, 2.24) is 0 Å². The van der Waals surface area contributed by atoms with Crippen LogP contribution in [0.3, 0.4) is 0 Å². The van der Waals surface area contributed by atoms with Gasteiger partial charge in [-0.15, -0.1) is 0 Å². The van der Waals surface area contributed by atoms with Gasteiger partial charge in [-0.2, -0.15) is 0 Å². The van der Waals surface area contributed by atoms with Crippen LogP contribution in [0.4, 0.5) is 0 Å². The largest absolute Gasteiger partial charge is 0.508 e. The third-order valence-corrected chi connectivity index (χ3v) is 2.89. The lowest BCUT2D eigenvalue weighted by Crippen LogP contribution is -2.61. The minimum Gasteiger partial charge on any atom is -0.508 e. The molecule has 0 aromatic heterocycles. The van der Waals surface area contributed by atoms with Crippen LogP contribution in [0.25, 0.3) is 6.08 Å². The van der Waals surface area contributed by atoms with Gasteiger partial charge in [-0.3, -0.25) is 4.21 Å². The number of allylic oxidation sites excluding steroid dienone is 1. The summed E-state index contributed by atoms with van der Waals surface area (Å²) in [5, 5.41) is 9.06. The molecule has 2 rings (SSSR count). The van der Waals surface area contributed by atoms with Crippen LogP contribution in [0.2, 0.25) is 0 Å². The Morgan fingerprint density at radius 2 is 2.07 bits per heavy atom. The highest BCUT2D eigenvalue weighted by molar-refractivity contribution is 7.92. The van der Waals surface area contributed by atoms with Crippen LogP contribution < -0.4 is 4.99 Å². The summed E-state index contributed by atoms with van der Waals surface area (Å²) in [4.78, 5) is 3.52. The zero-order valence-electron chi connectivity index (χ0n) is 7.31. The number of nitrogens with one attached hydrogen (secondary N) is 1. The SMILES string of the molecule is O=S1[CH-][NH+]=CC1=Cc1ccc(O)cc1. The topological polar surface area (TPSA) is 51.3 Å². The van der Waals surface area contributed by atoms with Gasteiger partial charge in [-0.25, -0.2) is 0 Å². The van der Waals surface area contributed by atoms with E-state index in [0.717, 1.165) is 10.5 Å². The highest BCUT2D eigenvalue weighted by Gasteiger charge is 2.06. The second kappa shape index (κ2) is 3.67. The van der Waals surface area contributed by atoms with Gasteiger partial charge in [0.15, 0.2) is 0 Å². The molecule has 1 aromatic carbocycles. The molecule has 1 atom stereocenters. The maximum absolute atomic E-state index is 11.3. The molecular weight excluding hydrogens is 198 g/mol. The van der Waals surface area contributed by atoms with E-state index in [-0.39, 0.29) is 5.75 Å². The van der Waals surface area contributed by atoms with Gasteiger partial charge in [0.25, 0.3) is 0 Å². The van der Waals surface area contributed by atoms with Gasteiger partial charge in [0.05, 0.1) is 5.88 Å². The average Bonchev–Trinajstić information content (AvgIpc) is 2.56. The Balaban J connectivity index is 2.29. The first kappa shape index (κ1) is 9.02. The van der Waals surface area contributed by atoms with Gasteiger partial charge in [-0.05, 0) is 17.7 Å². The molecule has 0 aliphatic carbocycles. The molecule has 0 saturated heterocycles. The predicted octanol–water partition coefficient (Wildman–Crippen LogP) is -0.234. The zero-order chi connectivity index (χ0) is 9.97. The number of phenols is 1. The van der Waals surface area contributed by atoms with E-state index in [9.17, 15) is 4.21 Å². The standard InChI is InChI=1S/C10H9NO2S/c12-9-3-1-8(2-4-9)5-10-6-11-7-14(10)13/h1-7,11-12H. The predicted molar refractivity (Wildman–Crippen MR) is 55.6 cm³/mol. The fourth-order valence-corrected chi connectivity index (χ4v) is 1.90. The second-order valence-corrected chi connectivity index (χ2v) is 4.17. The zero-order valence-corrected chi connectivity index (χ0v) is 8.12. The van der Waals surface area contributed by atoms with Crippen LogP contribution in [0, 0.1) is 5.88 Å². The smallest absolute Gasteiger partial charge is 0.115 e. The van der Waals surface area contributed by atoms with E-state index < -0.39 is 10.8 Å². The van der Waals surface area contributed by atoms with Crippen molar-refractivity contribution < 1.29 is 14.3 Å². The average molecular weight is 207 g/mol. The molecule has 0 amide bonds. The number of benzene rings is 1. The summed E-state index contributed by atoms with van der Waals surface area (Å²) < 4.78 is 11.3. The summed E-state index contributed by atoms with van der Waals surface area (Å²) in [7, 11) is -1.06. The third kappa shape index (κ3) is 1.85. The van der Waals surface area contributed by atoms with Gasteiger partial charge in [0.2, 0.25) is 0 Å². The first-order chi connectivity index (χ1) is 6.75. The molecule has 1 aliphatic heterocycles. The van der Waals surface area contributed by atoms with Crippen LogP contribution >= 0.6 is 0 Å². The van der Waals surface area contributed by atoms with E-state index >= 15 is 0 Å². The molecule has 3 nitrogen and oxygen atoms in total. The minimum absolute atomic E-state index is 0.230. The Morgan fingerprint density at radius 1 is 1.36 bits per heavy atom. The summed E-state index contributed by atoms with van der Waals surface area (Å²) in [6, 6.07) is 6.74. The van der Waals surface area contributed by atoms with Crippen LogP contribution in [0.1, 0.15) is 5.56 Å². The molecule has 0 fully saturated rings. The molecule has 72 valence electrons. The van der Waals surface area contributed by atoms with E-state index in [0.29, 0.717) is 0 Å². The minimum atomic E-state index is -1.06. The van der Waals surface area contributed by atoms with Crippen molar-refractivity contribution >= 4 is 23.1 Å². The Kier molecular flexibility index (Phi) is 2.37. The molecule has 14 heavy (non-hydrogen) atoms. The van der Waals surface area contributed by atoms with E-state index in [1.54, 1.807) is 30.5 Å². The molecule has 0 saturated carbocycles. The maximum Gasteiger partial charge on any atom is 0.115 e. The first-order valence-corrected chi connectivity index (χ1v) is 5.31. The fraction of sp³-hybridized carbons (Fsp3) is 0. The molecule has 0 spiro atoms. The van der Waals surface area contributed by atoms with Crippen LogP contribution in [-0.2, 0) is 10.8 Å². The third-order valence-electron chi connectivity index (χ3n) is 1.83. The lowest BCUT2D eigenvalue weighted by molar-refractivity contribution is -0.382. The normalized spacial score (nSPS) is 22.6. The lowest BCUT2D eigenvalue weighted by Gasteiger charge is -1.96. The van der Waals surface area contributed by atoms with E-state index in [1.807, 2.05) is 6.08 Å². The molecule has 0 radical (unpaired) electrons. The molecule has 2 N–H and O–H groups in total. The Bertz CT molecular complexity index is 420. The van der Waals surface area contributed by atoms with Crippen molar-refractivity contribution in [3.63, 3.8) is 0 Å². The van der Waals surface area contributed by atoms with E-state index in [2.05, 4.69) is 4.99 Å². The van der Waals surface area contributed by atoms with Crippen LogP contribution in [0.5, 0.6) is 5.75 Å². The monoisotopic (exact) mass is 207 g/mol. The summed E-state index contributed by atoms with van der Waals surface area (Å²) >= 11 is 0. The van der Waals surface area contributed by atoms with E-state index in [1.165, 1.54) is 5.88 Å². The lowest BCUT2D eigenvalue weighted by atomic mass is 10.2.